The molecule has 3 aromatic heterocycles. The molecule has 178 valence electrons. The number of anilines is 2. The second kappa shape index (κ2) is 9.26. The van der Waals surface area contributed by atoms with Crippen LogP contribution in [0, 0.1) is 6.92 Å². The molecule has 1 aliphatic rings. The molecule has 1 unspecified atom stereocenters. The Balaban J connectivity index is 1.47. The van der Waals surface area contributed by atoms with Crippen molar-refractivity contribution in [3.8, 4) is 11.3 Å². The molecule has 4 heterocycles. The summed E-state index contributed by atoms with van der Waals surface area (Å²) >= 11 is 1.24. The van der Waals surface area contributed by atoms with E-state index in [0.717, 1.165) is 24.1 Å². The van der Waals surface area contributed by atoms with Gasteiger partial charge in [-0.3, -0.25) is 9.59 Å². The van der Waals surface area contributed by atoms with Crippen LogP contribution in [0.1, 0.15) is 34.9 Å². The van der Waals surface area contributed by atoms with Gasteiger partial charge in [0.05, 0.1) is 17.1 Å². The smallest absolute Gasteiger partial charge is 0.256 e. The monoisotopic (exact) mass is 488 g/mol. The van der Waals surface area contributed by atoms with Crippen molar-refractivity contribution in [3.63, 3.8) is 0 Å². The molecule has 0 radical (unpaired) electrons. The first-order chi connectivity index (χ1) is 16.9. The highest BCUT2D eigenvalue weighted by atomic mass is 32.1. The number of fused-ring (bicyclic) bond motifs is 1. The molecule has 0 saturated carbocycles. The fraction of sp³-hybridized carbons (Fsp3) is 0.250. The SMILES string of the molecule is C=CC(=O)N1CCCC(n2nc(-c3ccc(C(=O)Nc4cc(C)ns4)cc3)c3c(N)ncnc32)C1. The maximum Gasteiger partial charge on any atom is 0.256 e. The van der Waals surface area contributed by atoms with Gasteiger partial charge in [0.2, 0.25) is 5.91 Å². The van der Waals surface area contributed by atoms with Gasteiger partial charge in [-0.05, 0) is 55.6 Å². The lowest BCUT2D eigenvalue weighted by Crippen LogP contribution is -2.40. The van der Waals surface area contributed by atoms with Crippen LogP contribution in [0.5, 0.6) is 0 Å². The summed E-state index contributed by atoms with van der Waals surface area (Å²) in [5, 5.41) is 9.08. The molecule has 0 spiro atoms. The fourth-order valence-corrected chi connectivity index (χ4v) is 4.98. The number of carbonyl (C=O) groups is 2. The van der Waals surface area contributed by atoms with Gasteiger partial charge in [-0.15, -0.1) is 0 Å². The summed E-state index contributed by atoms with van der Waals surface area (Å²) in [4.78, 5) is 35.2. The summed E-state index contributed by atoms with van der Waals surface area (Å²) in [6.45, 7) is 6.68. The van der Waals surface area contributed by atoms with E-state index in [2.05, 4.69) is 26.2 Å². The Morgan fingerprint density at radius 2 is 2.06 bits per heavy atom. The van der Waals surface area contributed by atoms with Crippen molar-refractivity contribution < 1.29 is 9.59 Å². The summed E-state index contributed by atoms with van der Waals surface area (Å²) in [7, 11) is 0. The highest BCUT2D eigenvalue weighted by Crippen LogP contribution is 2.34. The van der Waals surface area contributed by atoms with Crippen molar-refractivity contribution in [1.29, 1.82) is 0 Å². The number of rotatable bonds is 5. The van der Waals surface area contributed by atoms with E-state index >= 15 is 0 Å². The van der Waals surface area contributed by atoms with E-state index in [1.807, 2.05) is 29.8 Å². The second-order valence-corrected chi connectivity index (χ2v) is 9.20. The molecule has 3 N–H and O–H groups in total. The number of nitrogens with two attached hydrogens (primary N) is 1. The number of amides is 2. The standard InChI is InChI=1S/C24H24N8O2S/c1-3-19(33)31-10-4-5-17(12-31)32-23-20(22(25)26-13-27-23)21(29-32)15-6-8-16(9-7-15)24(34)28-18-11-14(2)30-35-18/h3,6-9,11,13,17H,1,4-5,10,12H2,2H3,(H,28,34)(H2,25,26,27). The molecule has 0 aliphatic carbocycles. The normalized spacial score (nSPS) is 15.8. The predicted octanol–water partition coefficient (Wildman–Crippen LogP) is 3.44. The molecular formula is C24H24N8O2S. The Kier molecular flexibility index (Phi) is 6.00. The number of piperidine rings is 1. The molecule has 0 bridgehead atoms. The van der Waals surface area contributed by atoms with Crippen molar-refractivity contribution >= 4 is 45.2 Å². The van der Waals surface area contributed by atoms with Crippen LogP contribution in [-0.4, -0.2) is 53.9 Å². The van der Waals surface area contributed by atoms with Crippen molar-refractivity contribution in [2.45, 2.75) is 25.8 Å². The van der Waals surface area contributed by atoms with Gasteiger partial charge in [0.25, 0.3) is 5.91 Å². The van der Waals surface area contributed by atoms with Gasteiger partial charge in [-0.2, -0.15) is 9.47 Å². The van der Waals surface area contributed by atoms with E-state index in [9.17, 15) is 9.59 Å². The Morgan fingerprint density at radius 3 is 2.77 bits per heavy atom. The Labute approximate surface area is 205 Å². The lowest BCUT2D eigenvalue weighted by atomic mass is 10.1. The van der Waals surface area contributed by atoms with Crippen LogP contribution < -0.4 is 11.1 Å². The number of nitrogens with zero attached hydrogens (tertiary/aromatic N) is 6. The van der Waals surface area contributed by atoms with Gasteiger partial charge in [0.1, 0.15) is 22.8 Å². The third-order valence-corrected chi connectivity index (χ3v) is 6.83. The lowest BCUT2D eigenvalue weighted by Gasteiger charge is -2.32. The number of likely N-dealkylation sites (tertiary alicyclic amines) is 1. The molecular weight excluding hydrogens is 464 g/mol. The van der Waals surface area contributed by atoms with E-state index in [1.54, 1.807) is 17.0 Å². The highest BCUT2D eigenvalue weighted by Gasteiger charge is 2.28. The number of benzene rings is 1. The van der Waals surface area contributed by atoms with Gasteiger partial charge in [0, 0.05) is 24.2 Å². The van der Waals surface area contributed by atoms with Gasteiger partial charge < -0.3 is 16.0 Å². The molecule has 1 fully saturated rings. The Bertz CT molecular complexity index is 1430. The van der Waals surface area contributed by atoms with Crippen LogP contribution in [0.25, 0.3) is 22.3 Å². The van der Waals surface area contributed by atoms with Gasteiger partial charge in [0.15, 0.2) is 5.65 Å². The molecule has 1 atom stereocenters. The number of aryl methyl sites for hydroxylation is 1. The first kappa shape index (κ1) is 22.7. The minimum absolute atomic E-state index is 0.0499. The molecule has 5 rings (SSSR count). The van der Waals surface area contributed by atoms with Crippen LogP contribution in [-0.2, 0) is 4.79 Å². The maximum atomic E-state index is 12.6. The largest absolute Gasteiger partial charge is 0.383 e. The first-order valence-corrected chi connectivity index (χ1v) is 12.0. The van der Waals surface area contributed by atoms with Gasteiger partial charge >= 0.3 is 0 Å². The average molecular weight is 489 g/mol. The topological polar surface area (TPSA) is 132 Å². The Morgan fingerprint density at radius 1 is 1.26 bits per heavy atom. The average Bonchev–Trinajstić information content (AvgIpc) is 3.47. The second-order valence-electron chi connectivity index (χ2n) is 8.40. The summed E-state index contributed by atoms with van der Waals surface area (Å²) in [5.41, 5.74) is 9.66. The van der Waals surface area contributed by atoms with Crippen molar-refractivity contribution in [1.82, 2.24) is 29.0 Å². The van der Waals surface area contributed by atoms with Gasteiger partial charge in [-0.1, -0.05) is 18.7 Å². The number of aromatic nitrogens is 5. The number of nitrogens with one attached hydrogen (secondary N) is 1. The van der Waals surface area contributed by atoms with E-state index in [0.29, 0.717) is 46.2 Å². The van der Waals surface area contributed by atoms with E-state index in [4.69, 9.17) is 10.8 Å². The molecule has 1 aromatic carbocycles. The van der Waals surface area contributed by atoms with Crippen LogP contribution in [0.4, 0.5) is 10.8 Å². The number of nitrogen functional groups attached to an aromatic ring is 1. The molecule has 1 aliphatic heterocycles. The predicted molar refractivity (Wildman–Crippen MR) is 135 cm³/mol. The number of carbonyl (C=O) groups excluding carboxylic acids is 2. The van der Waals surface area contributed by atoms with Crippen LogP contribution >= 0.6 is 11.5 Å². The Hall–Kier alpha value is -4.12. The summed E-state index contributed by atoms with van der Waals surface area (Å²) in [6, 6.07) is 8.93. The third kappa shape index (κ3) is 4.37. The van der Waals surface area contributed by atoms with E-state index < -0.39 is 0 Å². The summed E-state index contributed by atoms with van der Waals surface area (Å²) in [5.74, 6) is 0.0176. The molecule has 11 heteroatoms. The number of hydrogen-bond acceptors (Lipinski definition) is 8. The minimum Gasteiger partial charge on any atom is -0.383 e. The van der Waals surface area contributed by atoms with Crippen LogP contribution in [0.2, 0.25) is 0 Å². The molecule has 10 nitrogen and oxygen atoms in total. The molecule has 4 aromatic rings. The zero-order valence-electron chi connectivity index (χ0n) is 19.1. The number of hydrogen-bond donors (Lipinski definition) is 2. The zero-order chi connectivity index (χ0) is 24.5. The first-order valence-electron chi connectivity index (χ1n) is 11.2. The van der Waals surface area contributed by atoms with Crippen LogP contribution in [0.3, 0.4) is 0 Å². The summed E-state index contributed by atoms with van der Waals surface area (Å²) < 4.78 is 6.03. The van der Waals surface area contributed by atoms with Crippen molar-refractivity contribution in [2.24, 2.45) is 0 Å². The molecule has 1 saturated heterocycles. The zero-order valence-corrected chi connectivity index (χ0v) is 20.0. The maximum absolute atomic E-state index is 12.6. The lowest BCUT2D eigenvalue weighted by molar-refractivity contribution is -0.127. The van der Waals surface area contributed by atoms with Crippen molar-refractivity contribution in [2.75, 3.05) is 24.1 Å². The summed E-state index contributed by atoms with van der Waals surface area (Å²) in [6.07, 6.45) is 4.47. The van der Waals surface area contributed by atoms with Crippen molar-refractivity contribution in [3.05, 3.63) is 60.6 Å². The van der Waals surface area contributed by atoms with E-state index in [1.165, 1.54) is 23.9 Å². The fourth-order valence-electron chi connectivity index (χ4n) is 4.32. The minimum atomic E-state index is -0.215. The molecule has 35 heavy (non-hydrogen) atoms. The van der Waals surface area contributed by atoms with Crippen LogP contribution in [0.15, 0.2) is 49.3 Å². The van der Waals surface area contributed by atoms with Gasteiger partial charge in [-0.25, -0.2) is 14.6 Å². The quantitative estimate of drug-likeness (QED) is 0.411. The highest BCUT2D eigenvalue weighted by molar-refractivity contribution is 7.10. The third-order valence-electron chi connectivity index (χ3n) is 6.03. The molecule has 2 amide bonds. The van der Waals surface area contributed by atoms with E-state index in [-0.39, 0.29) is 17.9 Å².